The van der Waals surface area contributed by atoms with Gasteiger partial charge >= 0.3 is 6.09 Å². The summed E-state index contributed by atoms with van der Waals surface area (Å²) in [6.45, 7) is 0. The number of hydrogen-bond acceptors (Lipinski definition) is 4. The molecule has 7 nitrogen and oxygen atoms in total. The predicted octanol–water partition coefficient (Wildman–Crippen LogP) is 1.04. The zero-order valence-corrected chi connectivity index (χ0v) is 10.9. The second-order valence-electron chi connectivity index (χ2n) is 4.41. The molecule has 7 heteroatoms. The third-order valence-electron chi connectivity index (χ3n) is 2.83. The molecule has 1 aromatic rings. The Bertz CT molecular complexity index is 523. The second kappa shape index (κ2) is 6.05. The van der Waals surface area contributed by atoms with Crippen LogP contribution in [0.25, 0.3) is 0 Å². The van der Waals surface area contributed by atoms with Crippen molar-refractivity contribution in [2.45, 2.75) is 12.8 Å². The van der Waals surface area contributed by atoms with E-state index in [1.54, 1.807) is 24.3 Å². The molecule has 0 heterocycles. The average molecular weight is 277 g/mol. The van der Waals surface area contributed by atoms with Gasteiger partial charge in [0.2, 0.25) is 5.91 Å². The molecule has 0 radical (unpaired) electrons. The van der Waals surface area contributed by atoms with Crippen LogP contribution in [0.4, 0.5) is 10.5 Å². The monoisotopic (exact) mass is 277 g/mol. The van der Waals surface area contributed by atoms with Gasteiger partial charge < -0.3 is 10.1 Å². The third-order valence-corrected chi connectivity index (χ3v) is 2.83. The number of benzene rings is 1. The van der Waals surface area contributed by atoms with Gasteiger partial charge in [0.15, 0.2) is 0 Å². The lowest BCUT2D eigenvalue weighted by molar-refractivity contribution is -0.117. The van der Waals surface area contributed by atoms with Crippen LogP contribution < -0.4 is 16.2 Å². The van der Waals surface area contributed by atoms with Crippen LogP contribution in [-0.4, -0.2) is 25.0 Å². The summed E-state index contributed by atoms with van der Waals surface area (Å²) in [7, 11) is 1.19. The van der Waals surface area contributed by atoms with E-state index in [0.29, 0.717) is 11.3 Å². The number of anilines is 1. The van der Waals surface area contributed by atoms with Gasteiger partial charge in [0.05, 0.1) is 7.11 Å². The molecule has 1 aromatic carbocycles. The number of carbonyl (C=O) groups is 3. The van der Waals surface area contributed by atoms with E-state index in [1.165, 1.54) is 7.11 Å². The Morgan fingerprint density at radius 2 is 1.75 bits per heavy atom. The van der Waals surface area contributed by atoms with E-state index >= 15 is 0 Å². The van der Waals surface area contributed by atoms with Gasteiger partial charge in [0, 0.05) is 17.2 Å². The van der Waals surface area contributed by atoms with Crippen molar-refractivity contribution in [3.63, 3.8) is 0 Å². The van der Waals surface area contributed by atoms with Gasteiger partial charge in [-0.15, -0.1) is 0 Å². The molecule has 1 fully saturated rings. The van der Waals surface area contributed by atoms with Crippen LogP contribution in [0.2, 0.25) is 0 Å². The van der Waals surface area contributed by atoms with Crippen LogP contribution in [0.15, 0.2) is 24.3 Å². The van der Waals surface area contributed by atoms with Crippen LogP contribution >= 0.6 is 0 Å². The molecule has 1 aliphatic carbocycles. The normalized spacial score (nSPS) is 13.2. The Morgan fingerprint density at radius 3 is 2.30 bits per heavy atom. The Labute approximate surface area is 115 Å². The minimum atomic E-state index is -0.758. The summed E-state index contributed by atoms with van der Waals surface area (Å²) in [5.74, 6) is -0.340. The van der Waals surface area contributed by atoms with Crippen LogP contribution in [0, 0.1) is 5.92 Å². The highest BCUT2D eigenvalue weighted by atomic mass is 16.5. The summed E-state index contributed by atoms with van der Waals surface area (Å²) in [5, 5.41) is 2.77. The predicted molar refractivity (Wildman–Crippen MR) is 70.8 cm³/mol. The maximum atomic E-state index is 11.6. The fourth-order valence-electron chi connectivity index (χ4n) is 1.53. The minimum absolute atomic E-state index is 0.00885. The smallest absolute Gasteiger partial charge is 0.425 e. The molecule has 1 aliphatic rings. The maximum Gasteiger partial charge on any atom is 0.425 e. The minimum Gasteiger partial charge on any atom is -0.452 e. The second-order valence-corrected chi connectivity index (χ2v) is 4.41. The number of rotatable bonds is 3. The summed E-state index contributed by atoms with van der Waals surface area (Å²) in [4.78, 5) is 34.0. The summed E-state index contributed by atoms with van der Waals surface area (Å²) in [5.41, 5.74) is 5.25. The van der Waals surface area contributed by atoms with Gasteiger partial charge in [0.25, 0.3) is 5.91 Å². The molecule has 0 unspecified atom stereocenters. The number of carbonyl (C=O) groups excluding carboxylic acids is 3. The first kappa shape index (κ1) is 13.9. The number of methoxy groups -OCH3 is 1. The van der Waals surface area contributed by atoms with Crippen molar-refractivity contribution in [2.75, 3.05) is 12.4 Å². The van der Waals surface area contributed by atoms with Crippen molar-refractivity contribution in [1.29, 1.82) is 0 Å². The Morgan fingerprint density at radius 1 is 1.10 bits per heavy atom. The fourth-order valence-corrected chi connectivity index (χ4v) is 1.53. The van der Waals surface area contributed by atoms with Gasteiger partial charge in [-0.3, -0.25) is 15.0 Å². The highest BCUT2D eigenvalue weighted by Crippen LogP contribution is 2.30. The maximum absolute atomic E-state index is 11.6. The Hall–Kier alpha value is -2.57. The van der Waals surface area contributed by atoms with Gasteiger partial charge in [0.1, 0.15) is 0 Å². The molecule has 0 atom stereocenters. The Balaban J connectivity index is 1.88. The number of hydrogen-bond donors (Lipinski definition) is 3. The molecule has 0 spiro atoms. The largest absolute Gasteiger partial charge is 0.452 e. The summed E-state index contributed by atoms with van der Waals surface area (Å²) in [6, 6.07) is 6.37. The molecule has 0 aliphatic heterocycles. The van der Waals surface area contributed by atoms with Gasteiger partial charge in [-0.05, 0) is 37.1 Å². The average Bonchev–Trinajstić information content (AvgIpc) is 3.29. The molecule has 0 saturated heterocycles. The topological polar surface area (TPSA) is 96.5 Å². The van der Waals surface area contributed by atoms with Crippen molar-refractivity contribution in [2.24, 2.45) is 5.92 Å². The Kier molecular flexibility index (Phi) is 4.19. The van der Waals surface area contributed by atoms with Crippen LogP contribution in [-0.2, 0) is 9.53 Å². The SMILES string of the molecule is COC(=O)NNC(=O)c1ccc(NC(=O)C2CC2)cc1. The molecular formula is C13H15N3O4. The molecule has 2 rings (SSSR count). The van der Waals surface area contributed by atoms with Crippen molar-refractivity contribution >= 4 is 23.6 Å². The van der Waals surface area contributed by atoms with E-state index in [9.17, 15) is 14.4 Å². The highest BCUT2D eigenvalue weighted by molar-refractivity contribution is 5.97. The molecule has 1 saturated carbocycles. The van der Waals surface area contributed by atoms with Crippen LogP contribution in [0.1, 0.15) is 23.2 Å². The van der Waals surface area contributed by atoms with E-state index in [2.05, 4.69) is 20.9 Å². The van der Waals surface area contributed by atoms with Crippen LogP contribution in [0.3, 0.4) is 0 Å². The zero-order valence-electron chi connectivity index (χ0n) is 10.9. The van der Waals surface area contributed by atoms with E-state index in [1.807, 2.05) is 0 Å². The highest BCUT2D eigenvalue weighted by Gasteiger charge is 2.29. The lowest BCUT2D eigenvalue weighted by atomic mass is 10.2. The van der Waals surface area contributed by atoms with E-state index in [4.69, 9.17) is 0 Å². The first-order valence-electron chi connectivity index (χ1n) is 6.15. The van der Waals surface area contributed by atoms with Crippen LogP contribution in [0.5, 0.6) is 0 Å². The molecule has 0 aromatic heterocycles. The number of nitrogens with one attached hydrogen (secondary N) is 3. The summed E-state index contributed by atoms with van der Waals surface area (Å²) < 4.78 is 4.32. The third kappa shape index (κ3) is 3.71. The fraction of sp³-hybridized carbons (Fsp3) is 0.308. The van der Waals surface area contributed by atoms with Gasteiger partial charge in [-0.2, -0.15) is 0 Å². The lowest BCUT2D eigenvalue weighted by Crippen LogP contribution is -2.41. The quantitative estimate of drug-likeness (QED) is 0.719. The van der Waals surface area contributed by atoms with Crippen molar-refractivity contribution in [3.05, 3.63) is 29.8 Å². The zero-order chi connectivity index (χ0) is 14.5. The molecule has 3 amide bonds. The summed E-state index contributed by atoms with van der Waals surface area (Å²) >= 11 is 0. The number of hydrazine groups is 1. The van der Waals surface area contributed by atoms with Crippen molar-refractivity contribution < 1.29 is 19.1 Å². The lowest BCUT2D eigenvalue weighted by Gasteiger charge is -2.07. The molecule has 3 N–H and O–H groups in total. The number of amides is 3. The summed E-state index contributed by atoms with van der Waals surface area (Å²) in [6.07, 6.45) is 1.11. The molecule has 20 heavy (non-hydrogen) atoms. The van der Waals surface area contributed by atoms with Gasteiger partial charge in [-0.1, -0.05) is 0 Å². The first-order valence-corrected chi connectivity index (χ1v) is 6.15. The molecular weight excluding hydrogens is 262 g/mol. The van der Waals surface area contributed by atoms with E-state index in [-0.39, 0.29) is 11.8 Å². The van der Waals surface area contributed by atoms with Gasteiger partial charge in [-0.25, -0.2) is 10.2 Å². The standard InChI is InChI=1S/C13H15N3O4/c1-20-13(19)16-15-12(18)9-4-6-10(7-5-9)14-11(17)8-2-3-8/h4-8H,2-3H2,1H3,(H,14,17)(H,15,18)(H,16,19). The van der Waals surface area contributed by atoms with Crippen molar-refractivity contribution in [1.82, 2.24) is 10.9 Å². The molecule has 0 bridgehead atoms. The van der Waals surface area contributed by atoms with E-state index < -0.39 is 12.0 Å². The first-order chi connectivity index (χ1) is 9.60. The van der Waals surface area contributed by atoms with Crippen molar-refractivity contribution in [3.8, 4) is 0 Å². The number of ether oxygens (including phenoxy) is 1. The van der Waals surface area contributed by atoms with E-state index in [0.717, 1.165) is 12.8 Å². The molecule has 106 valence electrons.